The van der Waals surface area contributed by atoms with E-state index >= 15 is 0 Å². The zero-order chi connectivity index (χ0) is 16.7. The average Bonchev–Trinajstić information content (AvgIpc) is 2.61. The van der Waals surface area contributed by atoms with Crippen molar-refractivity contribution in [2.75, 3.05) is 6.26 Å². The molecule has 2 nitrogen and oxygen atoms in total. The van der Waals surface area contributed by atoms with Crippen LogP contribution >= 0.6 is 11.8 Å². The summed E-state index contributed by atoms with van der Waals surface area (Å²) < 4.78 is 0. The largest absolute Gasteiger partial charge is 0.362 e. The Kier molecular flexibility index (Phi) is 8.29. The van der Waals surface area contributed by atoms with Gasteiger partial charge in [0, 0.05) is 6.04 Å². The van der Waals surface area contributed by atoms with E-state index in [0.717, 1.165) is 17.8 Å². The van der Waals surface area contributed by atoms with Gasteiger partial charge in [0.25, 0.3) is 0 Å². The number of hydrogen-bond donors (Lipinski definition) is 1. The molecule has 2 atom stereocenters. The molecule has 0 heterocycles. The molecule has 2 rings (SSSR count). The van der Waals surface area contributed by atoms with Crippen molar-refractivity contribution in [1.29, 1.82) is 0 Å². The number of nitrogens with one attached hydrogen (secondary N) is 1. The Hall–Kier alpha value is -0.180. The lowest BCUT2D eigenvalue weighted by Crippen LogP contribution is -2.39. The van der Waals surface area contributed by atoms with Crippen LogP contribution in [0.25, 0.3) is 0 Å². The molecule has 0 saturated heterocycles. The SMILES string of the molecule is CCC1CC(CC)C(N=C(NC2CCCCC2)SC)C(CC)C1. The number of thioether (sulfide) groups is 1. The first-order valence-corrected chi connectivity index (χ1v) is 11.3. The molecule has 2 aliphatic rings. The number of amidine groups is 1. The van der Waals surface area contributed by atoms with Gasteiger partial charge in [0.05, 0.1) is 6.04 Å². The topological polar surface area (TPSA) is 24.4 Å². The van der Waals surface area contributed by atoms with E-state index in [1.54, 1.807) is 0 Å². The fraction of sp³-hybridized carbons (Fsp3) is 0.950. The predicted octanol–water partition coefficient (Wildman–Crippen LogP) is 5.87. The highest BCUT2D eigenvalue weighted by molar-refractivity contribution is 8.13. The van der Waals surface area contributed by atoms with Crippen LogP contribution in [-0.4, -0.2) is 23.5 Å². The third-order valence-electron chi connectivity index (χ3n) is 6.26. The van der Waals surface area contributed by atoms with Crippen LogP contribution < -0.4 is 5.32 Å². The zero-order valence-electron chi connectivity index (χ0n) is 15.8. The van der Waals surface area contributed by atoms with Gasteiger partial charge >= 0.3 is 0 Å². The van der Waals surface area contributed by atoms with E-state index in [1.807, 2.05) is 11.8 Å². The highest BCUT2D eigenvalue weighted by atomic mass is 32.2. The van der Waals surface area contributed by atoms with E-state index in [2.05, 4.69) is 32.3 Å². The standard InChI is InChI=1S/C20H38N2S/c1-5-15-13-16(6-2)19(17(7-3)14-15)22-20(23-4)21-18-11-9-8-10-12-18/h15-19H,5-14H2,1-4H3,(H,21,22). The molecular formula is C20H38N2S. The summed E-state index contributed by atoms with van der Waals surface area (Å²) in [5.41, 5.74) is 0. The average molecular weight is 339 g/mol. The number of aliphatic imine (C=N–C) groups is 1. The molecule has 0 radical (unpaired) electrons. The normalized spacial score (nSPS) is 33.7. The first kappa shape index (κ1) is 19.1. The molecule has 1 N–H and O–H groups in total. The summed E-state index contributed by atoms with van der Waals surface area (Å²) in [6.45, 7) is 7.10. The summed E-state index contributed by atoms with van der Waals surface area (Å²) in [6, 6.07) is 1.22. The molecule has 2 aliphatic carbocycles. The first-order valence-electron chi connectivity index (χ1n) is 10.1. The molecule has 0 amide bonds. The van der Waals surface area contributed by atoms with Crippen molar-refractivity contribution in [3.8, 4) is 0 Å². The van der Waals surface area contributed by atoms with Crippen LogP contribution in [-0.2, 0) is 0 Å². The zero-order valence-corrected chi connectivity index (χ0v) is 16.6. The molecule has 0 aromatic carbocycles. The van der Waals surface area contributed by atoms with E-state index in [-0.39, 0.29) is 0 Å². The van der Waals surface area contributed by atoms with Crippen LogP contribution in [0, 0.1) is 17.8 Å². The second-order valence-electron chi connectivity index (χ2n) is 7.69. The fourth-order valence-electron chi connectivity index (χ4n) is 4.68. The van der Waals surface area contributed by atoms with Crippen molar-refractivity contribution < 1.29 is 0 Å². The molecule has 0 aromatic rings. The summed E-state index contributed by atoms with van der Waals surface area (Å²) in [5.74, 6) is 2.50. The van der Waals surface area contributed by atoms with Gasteiger partial charge in [-0.15, -0.1) is 0 Å². The molecule has 0 aliphatic heterocycles. The van der Waals surface area contributed by atoms with Gasteiger partial charge in [-0.1, -0.05) is 71.1 Å². The smallest absolute Gasteiger partial charge is 0.156 e. The van der Waals surface area contributed by atoms with E-state index in [0.29, 0.717) is 12.1 Å². The van der Waals surface area contributed by atoms with E-state index in [4.69, 9.17) is 4.99 Å². The number of rotatable bonds is 5. The second kappa shape index (κ2) is 9.96. The summed E-state index contributed by atoms with van der Waals surface area (Å²) in [4.78, 5) is 5.29. The fourth-order valence-corrected chi connectivity index (χ4v) is 5.19. The Morgan fingerprint density at radius 3 is 2.04 bits per heavy atom. The Morgan fingerprint density at radius 2 is 1.57 bits per heavy atom. The molecular weight excluding hydrogens is 300 g/mol. The Labute approximate surface area is 148 Å². The Bertz CT molecular complexity index is 349. The minimum Gasteiger partial charge on any atom is -0.362 e. The predicted molar refractivity (Wildman–Crippen MR) is 105 cm³/mol. The van der Waals surface area contributed by atoms with Crippen LogP contribution in [0.15, 0.2) is 4.99 Å². The maximum Gasteiger partial charge on any atom is 0.156 e. The highest BCUT2D eigenvalue weighted by Gasteiger charge is 2.35. The molecule has 0 spiro atoms. The maximum absolute atomic E-state index is 5.29. The van der Waals surface area contributed by atoms with E-state index in [9.17, 15) is 0 Å². The van der Waals surface area contributed by atoms with Gasteiger partial charge in [-0.25, -0.2) is 0 Å². The third kappa shape index (κ3) is 5.41. The number of nitrogens with zero attached hydrogens (tertiary/aromatic N) is 1. The lowest BCUT2D eigenvalue weighted by Gasteiger charge is -2.40. The lowest BCUT2D eigenvalue weighted by atomic mass is 9.69. The first-order chi connectivity index (χ1) is 11.2. The molecule has 2 unspecified atom stereocenters. The van der Waals surface area contributed by atoms with Crippen molar-refractivity contribution in [2.24, 2.45) is 22.7 Å². The van der Waals surface area contributed by atoms with Crippen molar-refractivity contribution in [2.45, 2.75) is 97.1 Å². The molecule has 134 valence electrons. The lowest BCUT2D eigenvalue weighted by molar-refractivity contribution is 0.151. The molecule has 3 heteroatoms. The summed E-state index contributed by atoms with van der Waals surface area (Å²) in [6.07, 6.45) is 15.7. The van der Waals surface area contributed by atoms with Crippen LogP contribution in [0.4, 0.5) is 0 Å². The molecule has 2 saturated carbocycles. The number of hydrogen-bond acceptors (Lipinski definition) is 2. The van der Waals surface area contributed by atoms with Gasteiger partial charge in [-0.2, -0.15) is 0 Å². The van der Waals surface area contributed by atoms with Crippen molar-refractivity contribution >= 4 is 16.9 Å². The summed E-state index contributed by atoms with van der Waals surface area (Å²) in [7, 11) is 0. The van der Waals surface area contributed by atoms with Crippen LogP contribution in [0.5, 0.6) is 0 Å². The van der Waals surface area contributed by atoms with Crippen molar-refractivity contribution in [1.82, 2.24) is 5.32 Å². The van der Waals surface area contributed by atoms with Crippen molar-refractivity contribution in [3.63, 3.8) is 0 Å². The minimum atomic E-state index is 0.548. The van der Waals surface area contributed by atoms with Gasteiger partial charge in [0.2, 0.25) is 0 Å². The van der Waals surface area contributed by atoms with Crippen molar-refractivity contribution in [3.05, 3.63) is 0 Å². The highest BCUT2D eigenvalue weighted by Crippen LogP contribution is 2.40. The minimum absolute atomic E-state index is 0.548. The Morgan fingerprint density at radius 1 is 0.957 bits per heavy atom. The maximum atomic E-state index is 5.29. The van der Waals surface area contributed by atoms with E-state index < -0.39 is 0 Å². The Balaban J connectivity index is 2.07. The van der Waals surface area contributed by atoms with Gasteiger partial charge in [0.15, 0.2) is 5.17 Å². The van der Waals surface area contributed by atoms with Gasteiger partial charge < -0.3 is 5.32 Å². The van der Waals surface area contributed by atoms with Gasteiger partial charge in [0.1, 0.15) is 0 Å². The third-order valence-corrected chi connectivity index (χ3v) is 6.87. The van der Waals surface area contributed by atoms with E-state index in [1.165, 1.54) is 69.4 Å². The van der Waals surface area contributed by atoms with Gasteiger partial charge in [-0.3, -0.25) is 4.99 Å². The quantitative estimate of drug-likeness (QED) is 0.501. The summed E-state index contributed by atoms with van der Waals surface area (Å²) >= 11 is 1.83. The molecule has 2 fully saturated rings. The molecule has 0 bridgehead atoms. The second-order valence-corrected chi connectivity index (χ2v) is 8.49. The monoisotopic (exact) mass is 338 g/mol. The summed E-state index contributed by atoms with van der Waals surface area (Å²) in [5, 5.41) is 5.00. The molecule has 0 aromatic heterocycles. The van der Waals surface area contributed by atoms with Gasteiger partial charge in [-0.05, 0) is 49.7 Å². The van der Waals surface area contributed by atoms with Crippen LogP contribution in [0.3, 0.4) is 0 Å². The molecule has 23 heavy (non-hydrogen) atoms. The van der Waals surface area contributed by atoms with Crippen LogP contribution in [0.1, 0.15) is 85.0 Å². The van der Waals surface area contributed by atoms with Crippen LogP contribution in [0.2, 0.25) is 0 Å².